The number of hydrogen-bond donors (Lipinski definition) is 2. The average molecular weight is 355 g/mol. The second-order valence-electron chi connectivity index (χ2n) is 7.33. The van der Waals surface area contributed by atoms with Crippen molar-refractivity contribution in [3.05, 3.63) is 54.1 Å². The van der Waals surface area contributed by atoms with E-state index in [9.17, 15) is 4.79 Å². The Balaban J connectivity index is 1.44. The third kappa shape index (κ3) is 5.41. The van der Waals surface area contributed by atoms with E-state index in [0.717, 1.165) is 44.7 Å². The Hall–Kier alpha value is -2.18. The van der Waals surface area contributed by atoms with Crippen LogP contribution in [0.25, 0.3) is 0 Å². The quantitative estimate of drug-likeness (QED) is 0.784. The normalized spacial score (nSPS) is 17.2. The number of benzene rings is 1. The van der Waals surface area contributed by atoms with Gasteiger partial charge >= 0.3 is 0 Å². The minimum absolute atomic E-state index is 0.0819. The zero-order valence-corrected chi connectivity index (χ0v) is 15.5. The first-order valence-electron chi connectivity index (χ1n) is 9.36. The van der Waals surface area contributed by atoms with Gasteiger partial charge < -0.3 is 20.5 Å². The van der Waals surface area contributed by atoms with Crippen LogP contribution in [0, 0.1) is 5.92 Å². The minimum Gasteiger partial charge on any atom is -0.354 e. The molecule has 0 bridgehead atoms. The summed E-state index contributed by atoms with van der Waals surface area (Å²) in [5.74, 6) is 0.481. The smallest absolute Gasteiger partial charge is 0.237 e. The number of likely N-dealkylation sites (tertiary alicyclic amines) is 1. The summed E-state index contributed by atoms with van der Waals surface area (Å²) < 4.78 is 2.02. The molecule has 0 aliphatic carbocycles. The van der Waals surface area contributed by atoms with Crippen molar-refractivity contribution >= 4 is 5.91 Å². The van der Waals surface area contributed by atoms with Crippen LogP contribution in [0.4, 0.5) is 0 Å². The molecule has 1 fully saturated rings. The summed E-state index contributed by atoms with van der Waals surface area (Å²) in [5.41, 5.74) is 8.15. The second-order valence-corrected chi connectivity index (χ2v) is 7.33. The lowest BCUT2D eigenvalue weighted by molar-refractivity contribution is -0.122. The summed E-state index contributed by atoms with van der Waals surface area (Å²) in [6.07, 6.45) is 6.50. The molecule has 1 atom stereocenters. The summed E-state index contributed by atoms with van der Waals surface area (Å²) in [6.45, 7) is 3.70. The molecule has 0 unspecified atom stereocenters. The number of piperidine rings is 1. The van der Waals surface area contributed by atoms with E-state index in [1.54, 1.807) is 6.33 Å². The van der Waals surface area contributed by atoms with Crippen LogP contribution >= 0.6 is 0 Å². The van der Waals surface area contributed by atoms with E-state index in [1.165, 1.54) is 5.56 Å². The summed E-state index contributed by atoms with van der Waals surface area (Å²) in [4.78, 5) is 19.0. The Bertz CT molecular complexity index is 691. The number of nitrogens with zero attached hydrogens (tertiary/aromatic N) is 3. The maximum Gasteiger partial charge on any atom is 0.237 e. The van der Waals surface area contributed by atoms with Crippen molar-refractivity contribution in [1.29, 1.82) is 0 Å². The molecule has 0 radical (unpaired) electrons. The zero-order valence-electron chi connectivity index (χ0n) is 15.5. The number of carbonyl (C=O) groups excluding carboxylic acids is 1. The number of nitrogens with two attached hydrogens (primary N) is 1. The third-order valence-electron chi connectivity index (χ3n) is 5.06. The van der Waals surface area contributed by atoms with Crippen molar-refractivity contribution < 1.29 is 4.79 Å². The van der Waals surface area contributed by atoms with Crippen LogP contribution in [-0.4, -0.2) is 53.1 Å². The van der Waals surface area contributed by atoms with Gasteiger partial charge in [-0.25, -0.2) is 4.98 Å². The van der Waals surface area contributed by atoms with Crippen molar-refractivity contribution in [2.24, 2.45) is 11.7 Å². The van der Waals surface area contributed by atoms with E-state index in [1.807, 2.05) is 29.0 Å². The molecule has 1 aromatic heterocycles. The Labute approximate surface area is 155 Å². The van der Waals surface area contributed by atoms with E-state index >= 15 is 0 Å². The highest BCUT2D eigenvalue weighted by Gasteiger charge is 2.20. The molecule has 26 heavy (non-hydrogen) atoms. The monoisotopic (exact) mass is 355 g/mol. The number of nitrogens with one attached hydrogen (secondary N) is 1. The molecule has 0 spiro atoms. The summed E-state index contributed by atoms with van der Waals surface area (Å²) in [6, 6.07) is 9.67. The van der Waals surface area contributed by atoms with E-state index in [4.69, 9.17) is 5.73 Å². The topological polar surface area (TPSA) is 76.2 Å². The number of amides is 1. The first kappa shape index (κ1) is 18.6. The SMILES string of the molecule is CN1CCC(CNC(=O)[C@@H](N)Cc2cn(Cc3ccccc3)cn2)CC1. The first-order chi connectivity index (χ1) is 12.6. The molecular formula is C20H29N5O. The van der Waals surface area contributed by atoms with Crippen molar-refractivity contribution in [3.63, 3.8) is 0 Å². The Morgan fingerprint density at radius 2 is 2.04 bits per heavy atom. The van der Waals surface area contributed by atoms with Gasteiger partial charge in [-0.1, -0.05) is 30.3 Å². The van der Waals surface area contributed by atoms with Crippen LogP contribution in [0.15, 0.2) is 42.9 Å². The van der Waals surface area contributed by atoms with Crippen molar-refractivity contribution in [2.45, 2.75) is 31.8 Å². The number of aromatic nitrogens is 2. The first-order valence-corrected chi connectivity index (χ1v) is 9.36. The molecule has 1 aromatic carbocycles. The van der Waals surface area contributed by atoms with Gasteiger partial charge in [-0.15, -0.1) is 0 Å². The van der Waals surface area contributed by atoms with Crippen LogP contribution in [0.5, 0.6) is 0 Å². The van der Waals surface area contributed by atoms with Crippen LogP contribution in [0.2, 0.25) is 0 Å². The van der Waals surface area contributed by atoms with Gasteiger partial charge in [0.05, 0.1) is 18.1 Å². The van der Waals surface area contributed by atoms with Crippen LogP contribution in [0.1, 0.15) is 24.1 Å². The lowest BCUT2D eigenvalue weighted by atomic mass is 9.97. The van der Waals surface area contributed by atoms with Gasteiger partial charge in [-0.05, 0) is 44.5 Å². The van der Waals surface area contributed by atoms with Gasteiger partial charge in [-0.2, -0.15) is 0 Å². The predicted octanol–water partition coefficient (Wildman–Crippen LogP) is 1.26. The zero-order chi connectivity index (χ0) is 18.4. The fourth-order valence-corrected chi connectivity index (χ4v) is 3.35. The average Bonchev–Trinajstić information content (AvgIpc) is 3.08. The maximum absolute atomic E-state index is 12.3. The summed E-state index contributed by atoms with van der Waals surface area (Å²) in [5, 5.41) is 3.02. The lowest BCUT2D eigenvalue weighted by Crippen LogP contribution is -2.45. The standard InChI is InChI=1S/C20H29N5O/c1-24-9-7-16(8-10-24)12-22-20(26)19(21)11-18-14-25(15-23-18)13-17-5-3-2-4-6-17/h2-6,14-16,19H,7-13,21H2,1H3,(H,22,26)/t19-/m0/s1. The molecule has 2 aromatic rings. The molecule has 2 heterocycles. The van der Waals surface area contributed by atoms with Gasteiger partial charge in [0.25, 0.3) is 0 Å². The van der Waals surface area contributed by atoms with Gasteiger partial charge in [0, 0.05) is 25.7 Å². The highest BCUT2D eigenvalue weighted by Crippen LogP contribution is 2.14. The van der Waals surface area contributed by atoms with Crippen LogP contribution in [0.3, 0.4) is 0 Å². The van der Waals surface area contributed by atoms with Crippen LogP contribution in [-0.2, 0) is 17.8 Å². The molecule has 3 N–H and O–H groups in total. The fraction of sp³-hybridized carbons (Fsp3) is 0.500. The molecule has 0 saturated carbocycles. The largest absolute Gasteiger partial charge is 0.354 e. The molecular weight excluding hydrogens is 326 g/mol. The highest BCUT2D eigenvalue weighted by atomic mass is 16.2. The van der Waals surface area contributed by atoms with E-state index in [0.29, 0.717) is 12.3 Å². The molecule has 6 nitrogen and oxygen atoms in total. The molecule has 1 saturated heterocycles. The maximum atomic E-state index is 12.3. The van der Waals surface area contributed by atoms with E-state index < -0.39 is 6.04 Å². The third-order valence-corrected chi connectivity index (χ3v) is 5.06. The van der Waals surface area contributed by atoms with Gasteiger partial charge in [-0.3, -0.25) is 4.79 Å². The van der Waals surface area contributed by atoms with Gasteiger partial charge in [0.1, 0.15) is 0 Å². The molecule has 1 aliphatic rings. The van der Waals surface area contributed by atoms with E-state index in [-0.39, 0.29) is 5.91 Å². The lowest BCUT2D eigenvalue weighted by Gasteiger charge is -2.29. The fourth-order valence-electron chi connectivity index (χ4n) is 3.35. The molecule has 3 rings (SSSR count). The number of rotatable bonds is 7. The predicted molar refractivity (Wildman–Crippen MR) is 103 cm³/mol. The Morgan fingerprint density at radius 3 is 2.77 bits per heavy atom. The Morgan fingerprint density at radius 1 is 1.31 bits per heavy atom. The van der Waals surface area contributed by atoms with Gasteiger partial charge in [0.2, 0.25) is 5.91 Å². The summed E-state index contributed by atoms with van der Waals surface area (Å²) in [7, 11) is 2.14. The van der Waals surface area contributed by atoms with Crippen molar-refractivity contribution in [1.82, 2.24) is 19.8 Å². The minimum atomic E-state index is -0.554. The summed E-state index contributed by atoms with van der Waals surface area (Å²) >= 11 is 0. The highest BCUT2D eigenvalue weighted by molar-refractivity contribution is 5.81. The van der Waals surface area contributed by atoms with Crippen LogP contribution < -0.4 is 11.1 Å². The molecule has 6 heteroatoms. The van der Waals surface area contributed by atoms with Crippen molar-refractivity contribution in [2.75, 3.05) is 26.7 Å². The molecule has 140 valence electrons. The molecule has 1 aliphatic heterocycles. The number of carbonyl (C=O) groups is 1. The second kappa shape index (κ2) is 8.96. The van der Waals surface area contributed by atoms with Gasteiger partial charge in [0.15, 0.2) is 0 Å². The number of imidazole rings is 1. The van der Waals surface area contributed by atoms with Crippen molar-refractivity contribution in [3.8, 4) is 0 Å². The number of hydrogen-bond acceptors (Lipinski definition) is 4. The van der Waals surface area contributed by atoms with E-state index in [2.05, 4.69) is 34.4 Å². The molecule has 1 amide bonds. The Kier molecular flexibility index (Phi) is 6.41.